The van der Waals surface area contributed by atoms with Gasteiger partial charge < -0.3 is 14.8 Å². The number of esters is 2. The highest BCUT2D eigenvalue weighted by molar-refractivity contribution is 5.91. The SMILES string of the molecule is CC(=O)NCc1ccc(C(=O)OC2CC(C)OC2=O)cc1. The van der Waals surface area contributed by atoms with E-state index in [9.17, 15) is 14.4 Å². The molecule has 112 valence electrons. The second kappa shape index (κ2) is 6.39. The average Bonchev–Trinajstić information content (AvgIpc) is 2.75. The van der Waals surface area contributed by atoms with Crippen LogP contribution < -0.4 is 5.32 Å². The van der Waals surface area contributed by atoms with E-state index in [2.05, 4.69) is 5.32 Å². The fourth-order valence-corrected chi connectivity index (χ4v) is 2.00. The smallest absolute Gasteiger partial charge is 0.347 e. The molecule has 6 heteroatoms. The molecule has 1 aliphatic rings. The van der Waals surface area contributed by atoms with Gasteiger partial charge in [0.25, 0.3) is 0 Å². The van der Waals surface area contributed by atoms with Crippen molar-refractivity contribution in [1.82, 2.24) is 5.32 Å². The van der Waals surface area contributed by atoms with Gasteiger partial charge in [-0.2, -0.15) is 0 Å². The molecule has 1 saturated heterocycles. The highest BCUT2D eigenvalue weighted by atomic mass is 16.6. The lowest BCUT2D eigenvalue weighted by Gasteiger charge is -2.09. The highest BCUT2D eigenvalue weighted by Crippen LogP contribution is 2.19. The van der Waals surface area contributed by atoms with Crippen LogP contribution in [-0.2, 0) is 25.6 Å². The van der Waals surface area contributed by atoms with Crippen molar-refractivity contribution in [3.05, 3.63) is 35.4 Å². The Morgan fingerprint density at radius 1 is 1.33 bits per heavy atom. The summed E-state index contributed by atoms with van der Waals surface area (Å²) in [6, 6.07) is 6.65. The molecular weight excluding hydrogens is 274 g/mol. The fourth-order valence-electron chi connectivity index (χ4n) is 2.00. The van der Waals surface area contributed by atoms with E-state index in [1.807, 2.05) is 0 Å². The minimum atomic E-state index is -0.827. The first-order chi connectivity index (χ1) is 9.95. The number of rotatable bonds is 4. The van der Waals surface area contributed by atoms with E-state index in [4.69, 9.17) is 9.47 Å². The number of benzene rings is 1. The lowest BCUT2D eigenvalue weighted by molar-refractivity contribution is -0.147. The Morgan fingerprint density at radius 3 is 2.52 bits per heavy atom. The molecule has 2 rings (SSSR count). The quantitative estimate of drug-likeness (QED) is 0.842. The van der Waals surface area contributed by atoms with E-state index in [0.717, 1.165) is 5.56 Å². The second-order valence-electron chi connectivity index (χ2n) is 4.98. The van der Waals surface area contributed by atoms with Gasteiger partial charge in [0.15, 0.2) is 0 Å². The summed E-state index contributed by atoms with van der Waals surface area (Å²) < 4.78 is 10.1. The lowest BCUT2D eigenvalue weighted by Crippen LogP contribution is -2.22. The predicted molar refractivity (Wildman–Crippen MR) is 73.3 cm³/mol. The van der Waals surface area contributed by atoms with Crippen LogP contribution in [0.2, 0.25) is 0 Å². The van der Waals surface area contributed by atoms with Crippen molar-refractivity contribution in [3.63, 3.8) is 0 Å². The zero-order valence-electron chi connectivity index (χ0n) is 11.9. The number of hydrogen-bond donors (Lipinski definition) is 1. The lowest BCUT2D eigenvalue weighted by atomic mass is 10.1. The van der Waals surface area contributed by atoms with Crippen LogP contribution in [0.15, 0.2) is 24.3 Å². The summed E-state index contributed by atoms with van der Waals surface area (Å²) in [5.41, 5.74) is 1.23. The topological polar surface area (TPSA) is 81.7 Å². The van der Waals surface area contributed by atoms with E-state index < -0.39 is 18.0 Å². The predicted octanol–water partition coefficient (Wildman–Crippen LogP) is 1.18. The van der Waals surface area contributed by atoms with Crippen LogP contribution in [0.3, 0.4) is 0 Å². The Bertz CT molecular complexity index is 552. The summed E-state index contributed by atoms with van der Waals surface area (Å²) in [7, 11) is 0. The molecule has 1 amide bonds. The van der Waals surface area contributed by atoms with Crippen LogP contribution in [0.25, 0.3) is 0 Å². The summed E-state index contributed by atoms with van der Waals surface area (Å²) in [4.78, 5) is 34.2. The van der Waals surface area contributed by atoms with Gasteiger partial charge in [-0.3, -0.25) is 4.79 Å². The molecule has 1 fully saturated rings. The molecule has 0 radical (unpaired) electrons. The zero-order chi connectivity index (χ0) is 15.4. The molecule has 2 atom stereocenters. The van der Waals surface area contributed by atoms with Crippen molar-refractivity contribution in [2.24, 2.45) is 0 Å². The number of hydrogen-bond acceptors (Lipinski definition) is 5. The third-order valence-electron chi connectivity index (χ3n) is 3.11. The van der Waals surface area contributed by atoms with Crippen molar-refractivity contribution in [1.29, 1.82) is 0 Å². The Hall–Kier alpha value is -2.37. The number of cyclic esters (lactones) is 1. The van der Waals surface area contributed by atoms with Gasteiger partial charge >= 0.3 is 11.9 Å². The third kappa shape index (κ3) is 4.05. The summed E-state index contributed by atoms with van der Waals surface area (Å²) in [6.07, 6.45) is -0.674. The van der Waals surface area contributed by atoms with Crippen molar-refractivity contribution >= 4 is 17.8 Å². The summed E-state index contributed by atoms with van der Waals surface area (Å²) in [5, 5.41) is 2.66. The Balaban J connectivity index is 1.93. The maximum Gasteiger partial charge on any atom is 0.347 e. The molecular formula is C15H17NO5. The number of carbonyl (C=O) groups is 3. The van der Waals surface area contributed by atoms with Crippen LogP contribution >= 0.6 is 0 Å². The van der Waals surface area contributed by atoms with Gasteiger partial charge in [0.1, 0.15) is 6.10 Å². The normalized spacial score (nSPS) is 20.8. The van der Waals surface area contributed by atoms with Gasteiger partial charge in [-0.15, -0.1) is 0 Å². The van der Waals surface area contributed by atoms with Crippen molar-refractivity contribution in [2.75, 3.05) is 0 Å². The minimum Gasteiger partial charge on any atom is -0.460 e. The van der Waals surface area contributed by atoms with Gasteiger partial charge in [0.2, 0.25) is 12.0 Å². The largest absolute Gasteiger partial charge is 0.460 e. The Kier molecular flexibility index (Phi) is 4.57. The molecule has 0 bridgehead atoms. The van der Waals surface area contributed by atoms with E-state index in [1.54, 1.807) is 31.2 Å². The van der Waals surface area contributed by atoms with Gasteiger partial charge in [-0.05, 0) is 24.6 Å². The monoisotopic (exact) mass is 291 g/mol. The first-order valence-corrected chi connectivity index (χ1v) is 6.70. The summed E-state index contributed by atoms with van der Waals surface area (Å²) >= 11 is 0. The Morgan fingerprint density at radius 2 is 2.00 bits per heavy atom. The van der Waals surface area contributed by atoms with E-state index >= 15 is 0 Å². The molecule has 1 heterocycles. The van der Waals surface area contributed by atoms with Crippen LogP contribution in [0.1, 0.15) is 36.2 Å². The molecule has 21 heavy (non-hydrogen) atoms. The zero-order valence-corrected chi connectivity index (χ0v) is 11.9. The highest BCUT2D eigenvalue weighted by Gasteiger charge is 2.35. The molecule has 1 N–H and O–H groups in total. The van der Waals surface area contributed by atoms with Gasteiger partial charge in [-0.25, -0.2) is 9.59 Å². The molecule has 0 aromatic heterocycles. The standard InChI is InChI=1S/C15H17NO5/c1-9-7-13(15(19)20-9)21-14(18)12-5-3-11(4-6-12)8-16-10(2)17/h3-6,9,13H,7-8H2,1-2H3,(H,16,17). The van der Waals surface area contributed by atoms with Crippen molar-refractivity contribution < 1.29 is 23.9 Å². The molecule has 2 unspecified atom stereocenters. The second-order valence-corrected chi connectivity index (χ2v) is 4.98. The molecule has 0 aliphatic carbocycles. The van der Waals surface area contributed by atoms with Gasteiger partial charge in [-0.1, -0.05) is 12.1 Å². The third-order valence-corrected chi connectivity index (χ3v) is 3.11. The Labute approximate surface area is 122 Å². The molecule has 1 aliphatic heterocycles. The average molecular weight is 291 g/mol. The van der Waals surface area contributed by atoms with Gasteiger partial charge in [0, 0.05) is 19.9 Å². The van der Waals surface area contributed by atoms with Crippen LogP contribution in [0.4, 0.5) is 0 Å². The van der Waals surface area contributed by atoms with Crippen LogP contribution in [-0.4, -0.2) is 30.1 Å². The van der Waals surface area contributed by atoms with Crippen LogP contribution in [0.5, 0.6) is 0 Å². The summed E-state index contributed by atoms with van der Waals surface area (Å²) in [5.74, 6) is -1.18. The molecule has 0 saturated carbocycles. The first-order valence-electron chi connectivity index (χ1n) is 6.70. The maximum absolute atomic E-state index is 11.9. The molecule has 0 spiro atoms. The van der Waals surface area contributed by atoms with Crippen LogP contribution in [0, 0.1) is 0 Å². The van der Waals surface area contributed by atoms with E-state index in [-0.39, 0.29) is 12.0 Å². The number of amides is 1. The summed E-state index contributed by atoms with van der Waals surface area (Å²) in [6.45, 7) is 3.59. The van der Waals surface area contributed by atoms with E-state index in [1.165, 1.54) is 6.92 Å². The van der Waals surface area contributed by atoms with Gasteiger partial charge in [0.05, 0.1) is 5.56 Å². The van der Waals surface area contributed by atoms with Crippen molar-refractivity contribution in [2.45, 2.75) is 39.0 Å². The van der Waals surface area contributed by atoms with E-state index in [0.29, 0.717) is 18.5 Å². The molecule has 1 aromatic carbocycles. The number of nitrogens with one attached hydrogen (secondary N) is 1. The molecule has 1 aromatic rings. The maximum atomic E-state index is 11.9. The van der Waals surface area contributed by atoms with Crippen molar-refractivity contribution in [3.8, 4) is 0 Å². The number of ether oxygens (including phenoxy) is 2. The molecule has 6 nitrogen and oxygen atoms in total. The minimum absolute atomic E-state index is 0.118. The fraction of sp³-hybridized carbons (Fsp3) is 0.400. The first kappa shape index (κ1) is 15.0. The number of carbonyl (C=O) groups excluding carboxylic acids is 3.